The number of carboxylic acids is 1. The molecule has 0 spiro atoms. The minimum absolute atomic E-state index is 0.441. The van der Waals surface area contributed by atoms with Gasteiger partial charge in [-0.25, -0.2) is 0 Å². The molecule has 0 aromatic carbocycles. The largest absolute Gasteiger partial charge is 0.480 e. The van der Waals surface area contributed by atoms with Crippen LogP contribution in [0.5, 0.6) is 0 Å². The monoisotopic (exact) mass is 362 g/mol. The summed E-state index contributed by atoms with van der Waals surface area (Å²) in [6.07, 6.45) is 2.39. The average Bonchev–Trinajstić information content (AvgIpc) is 2.51. The van der Waals surface area contributed by atoms with Crippen molar-refractivity contribution in [2.45, 2.75) is 51.4 Å². The second-order valence-electron chi connectivity index (χ2n) is 5.42. The average molecular weight is 362 g/mol. The highest BCUT2D eigenvalue weighted by molar-refractivity contribution is 7.98. The van der Waals surface area contributed by atoms with Crippen LogP contribution in [0.2, 0.25) is 0 Å². The fourth-order valence-electron chi connectivity index (χ4n) is 1.57. The summed E-state index contributed by atoms with van der Waals surface area (Å²) in [6, 6.07) is -3.58. The molecule has 9 nitrogen and oxygen atoms in total. The van der Waals surface area contributed by atoms with Gasteiger partial charge in [0.25, 0.3) is 0 Å². The summed E-state index contributed by atoms with van der Waals surface area (Å²) < 4.78 is 0. The predicted molar refractivity (Wildman–Crippen MR) is 91.4 cm³/mol. The van der Waals surface area contributed by atoms with E-state index in [1.54, 1.807) is 11.8 Å². The molecule has 0 aliphatic rings. The number of nitrogens with two attached hydrogens (primary N) is 1. The van der Waals surface area contributed by atoms with Gasteiger partial charge in [0.1, 0.15) is 18.1 Å². The van der Waals surface area contributed by atoms with Gasteiger partial charge in [0, 0.05) is 0 Å². The molecule has 0 radical (unpaired) electrons. The zero-order valence-electron chi connectivity index (χ0n) is 14.3. The highest BCUT2D eigenvalue weighted by atomic mass is 32.2. The van der Waals surface area contributed by atoms with Crippen molar-refractivity contribution < 1.29 is 24.3 Å². The molecule has 0 heterocycles. The minimum atomic E-state index is -1.18. The van der Waals surface area contributed by atoms with Gasteiger partial charge >= 0.3 is 5.97 Å². The first kappa shape index (κ1) is 22.2. The highest BCUT2D eigenvalue weighted by Crippen LogP contribution is 1.99. The number of aliphatic carboxylic acids is 1. The van der Waals surface area contributed by atoms with Gasteiger partial charge < -0.3 is 26.8 Å². The summed E-state index contributed by atoms with van der Waals surface area (Å²) >= 11 is 1.57. The van der Waals surface area contributed by atoms with Crippen molar-refractivity contribution in [3.63, 3.8) is 0 Å². The number of amides is 3. The van der Waals surface area contributed by atoms with Gasteiger partial charge in [0.15, 0.2) is 0 Å². The van der Waals surface area contributed by atoms with Crippen molar-refractivity contribution in [2.75, 3.05) is 12.0 Å². The summed E-state index contributed by atoms with van der Waals surface area (Å²) in [5, 5.41) is 15.9. The molecule has 0 saturated heterocycles. The van der Waals surface area contributed by atoms with Gasteiger partial charge in [-0.3, -0.25) is 19.2 Å². The predicted octanol–water partition coefficient (Wildman–Crippen LogP) is -1.33. The Hall–Kier alpha value is -1.81. The lowest BCUT2D eigenvalue weighted by atomic mass is 10.2. The lowest BCUT2D eigenvalue weighted by Crippen LogP contribution is -2.55. The second-order valence-corrected chi connectivity index (χ2v) is 6.40. The van der Waals surface area contributed by atoms with E-state index in [-0.39, 0.29) is 0 Å². The SMILES string of the molecule is CSCCC(N)C(=O)NC(C)C(=O)NC(C)C(=O)NC(C)C(=O)O. The van der Waals surface area contributed by atoms with E-state index in [4.69, 9.17) is 10.8 Å². The number of carboxylic acid groups (broad SMARTS) is 1. The van der Waals surface area contributed by atoms with Crippen LogP contribution in [-0.4, -0.2) is 65.0 Å². The Kier molecular flexibility index (Phi) is 10.0. The molecule has 138 valence electrons. The zero-order valence-corrected chi connectivity index (χ0v) is 15.1. The number of rotatable bonds is 10. The topological polar surface area (TPSA) is 151 Å². The van der Waals surface area contributed by atoms with Crippen LogP contribution in [0, 0.1) is 0 Å². The van der Waals surface area contributed by atoms with Crippen molar-refractivity contribution in [1.29, 1.82) is 0 Å². The molecule has 0 aromatic heterocycles. The maximum atomic E-state index is 12.0. The number of carbonyl (C=O) groups excluding carboxylic acids is 3. The van der Waals surface area contributed by atoms with E-state index in [1.165, 1.54) is 20.8 Å². The number of thioether (sulfide) groups is 1. The molecule has 24 heavy (non-hydrogen) atoms. The molecule has 6 N–H and O–H groups in total. The van der Waals surface area contributed by atoms with Gasteiger partial charge in [-0.05, 0) is 39.2 Å². The lowest BCUT2D eigenvalue weighted by molar-refractivity contribution is -0.141. The van der Waals surface area contributed by atoms with Crippen molar-refractivity contribution >= 4 is 35.5 Å². The first-order valence-corrected chi connectivity index (χ1v) is 8.88. The Bertz CT molecular complexity index is 474. The number of nitrogens with one attached hydrogen (secondary N) is 3. The fourth-order valence-corrected chi connectivity index (χ4v) is 2.06. The van der Waals surface area contributed by atoms with Crippen LogP contribution in [0.4, 0.5) is 0 Å². The van der Waals surface area contributed by atoms with E-state index in [1.807, 2.05) is 6.26 Å². The third kappa shape index (κ3) is 8.16. The quantitative estimate of drug-likeness (QED) is 0.323. The van der Waals surface area contributed by atoms with Crippen LogP contribution in [0.1, 0.15) is 27.2 Å². The normalized spacial score (nSPS) is 15.5. The second kappa shape index (κ2) is 10.9. The molecule has 3 amide bonds. The molecule has 0 aliphatic heterocycles. The Morgan fingerprint density at radius 3 is 1.75 bits per heavy atom. The Labute approximate surface area is 145 Å². The molecule has 10 heteroatoms. The number of carbonyl (C=O) groups is 4. The van der Waals surface area contributed by atoms with Gasteiger partial charge in [-0.15, -0.1) is 0 Å². The summed E-state index contributed by atoms with van der Waals surface area (Å²) in [7, 11) is 0. The van der Waals surface area contributed by atoms with Crippen molar-refractivity contribution in [1.82, 2.24) is 16.0 Å². The summed E-state index contributed by atoms with van der Waals surface area (Å²) in [6.45, 7) is 4.20. The molecule has 4 atom stereocenters. The van der Waals surface area contributed by atoms with Crippen LogP contribution in [0.25, 0.3) is 0 Å². The molecule has 0 rings (SSSR count). The Morgan fingerprint density at radius 2 is 1.33 bits per heavy atom. The van der Waals surface area contributed by atoms with Gasteiger partial charge in [0.05, 0.1) is 6.04 Å². The van der Waals surface area contributed by atoms with Crippen molar-refractivity contribution in [3.05, 3.63) is 0 Å². The summed E-state index contributed by atoms with van der Waals surface area (Å²) in [5.41, 5.74) is 5.71. The van der Waals surface area contributed by atoms with E-state index in [9.17, 15) is 19.2 Å². The van der Waals surface area contributed by atoms with E-state index in [2.05, 4.69) is 16.0 Å². The molecule has 0 saturated carbocycles. The zero-order chi connectivity index (χ0) is 18.9. The minimum Gasteiger partial charge on any atom is -0.480 e. The van der Waals surface area contributed by atoms with Crippen LogP contribution in [0.15, 0.2) is 0 Å². The maximum Gasteiger partial charge on any atom is 0.325 e. The van der Waals surface area contributed by atoms with Crippen LogP contribution < -0.4 is 21.7 Å². The molecular weight excluding hydrogens is 336 g/mol. The molecule has 0 bridgehead atoms. The Balaban J connectivity index is 4.41. The maximum absolute atomic E-state index is 12.0. The van der Waals surface area contributed by atoms with Crippen molar-refractivity contribution in [2.24, 2.45) is 5.73 Å². The number of hydrogen-bond donors (Lipinski definition) is 5. The molecule has 0 fully saturated rings. The lowest BCUT2D eigenvalue weighted by Gasteiger charge is -2.20. The third-order valence-electron chi connectivity index (χ3n) is 3.20. The Morgan fingerprint density at radius 1 is 0.917 bits per heavy atom. The van der Waals surface area contributed by atoms with Crippen molar-refractivity contribution in [3.8, 4) is 0 Å². The van der Waals surface area contributed by atoms with E-state index < -0.39 is 47.9 Å². The van der Waals surface area contributed by atoms with Crippen LogP contribution in [0.3, 0.4) is 0 Å². The van der Waals surface area contributed by atoms with Gasteiger partial charge in [-0.1, -0.05) is 0 Å². The third-order valence-corrected chi connectivity index (χ3v) is 3.85. The molecule has 0 aliphatic carbocycles. The molecule has 4 unspecified atom stereocenters. The fraction of sp³-hybridized carbons (Fsp3) is 0.714. The molecular formula is C14H26N4O5S. The smallest absolute Gasteiger partial charge is 0.325 e. The summed E-state index contributed by atoms with van der Waals surface area (Å²) in [5.74, 6) is -2.08. The molecule has 0 aromatic rings. The van der Waals surface area contributed by atoms with Gasteiger partial charge in [0.2, 0.25) is 17.7 Å². The van der Waals surface area contributed by atoms with Gasteiger partial charge in [-0.2, -0.15) is 11.8 Å². The van der Waals surface area contributed by atoms with Crippen LogP contribution in [-0.2, 0) is 19.2 Å². The highest BCUT2D eigenvalue weighted by Gasteiger charge is 2.24. The first-order chi connectivity index (χ1) is 11.1. The van der Waals surface area contributed by atoms with Crippen LogP contribution >= 0.6 is 11.8 Å². The standard InChI is InChI=1S/C14H26N4O5S/c1-7(12(20)18-9(3)14(22)23)16-11(19)8(2)17-13(21)10(15)5-6-24-4/h7-10H,5-6,15H2,1-4H3,(H,16,19)(H,17,21)(H,18,20)(H,22,23). The first-order valence-electron chi connectivity index (χ1n) is 7.48. The van der Waals surface area contributed by atoms with E-state index in [0.29, 0.717) is 6.42 Å². The summed E-state index contributed by atoms with van der Waals surface area (Å²) in [4.78, 5) is 46.3. The number of hydrogen-bond acceptors (Lipinski definition) is 6. The van der Waals surface area contributed by atoms with E-state index in [0.717, 1.165) is 5.75 Å². The van der Waals surface area contributed by atoms with E-state index >= 15 is 0 Å².